The monoisotopic (exact) mass is 662 g/mol. The van der Waals surface area contributed by atoms with Gasteiger partial charge in [-0.2, -0.15) is 0 Å². The fourth-order valence-electron chi connectivity index (χ4n) is 6.88. The van der Waals surface area contributed by atoms with Gasteiger partial charge in [0.15, 0.2) is 6.29 Å². The van der Waals surface area contributed by atoms with Gasteiger partial charge in [0.1, 0.15) is 11.7 Å². The third kappa shape index (κ3) is 10.5. The minimum Gasteiger partial charge on any atom is -0.459 e. The van der Waals surface area contributed by atoms with Crippen molar-refractivity contribution in [2.24, 2.45) is 28.8 Å². The molecular weight excluding hydrogens is 600 g/mol. The second-order valence-electron chi connectivity index (χ2n) is 14.1. The highest BCUT2D eigenvalue weighted by Crippen LogP contribution is 2.38. The molecule has 2 aliphatic heterocycles. The van der Waals surface area contributed by atoms with Crippen LogP contribution in [0, 0.1) is 23.7 Å². The van der Waals surface area contributed by atoms with Gasteiger partial charge >= 0.3 is 5.97 Å². The molecular formula is C33H62N2O11. The number of nitrogens with zero attached hydrogens (tertiary/aromatic N) is 2. The van der Waals surface area contributed by atoms with Crippen LogP contribution in [0.3, 0.4) is 0 Å². The Morgan fingerprint density at radius 2 is 1.67 bits per heavy atom. The lowest BCUT2D eigenvalue weighted by Crippen LogP contribution is -2.58. The Kier molecular flexibility index (Phi) is 15.8. The fourth-order valence-corrected chi connectivity index (χ4v) is 6.88. The molecule has 0 amide bonds. The number of hydrogen-bond acceptors (Lipinski definition) is 13. The average Bonchev–Trinajstić information content (AvgIpc) is 2.98. The normalized spacial score (nSPS) is 42.9. The molecule has 270 valence electrons. The number of carbonyl (C=O) groups excluding carboxylic acids is 1. The quantitative estimate of drug-likeness (QED) is 0.117. The molecule has 46 heavy (non-hydrogen) atoms. The summed E-state index contributed by atoms with van der Waals surface area (Å²) in [6.07, 6.45) is -3.88. The average molecular weight is 663 g/mol. The van der Waals surface area contributed by atoms with Gasteiger partial charge in [-0.1, -0.05) is 32.9 Å². The molecule has 2 saturated heterocycles. The van der Waals surface area contributed by atoms with Crippen LogP contribution >= 0.6 is 0 Å². The van der Waals surface area contributed by atoms with Gasteiger partial charge < -0.3 is 53.8 Å². The second kappa shape index (κ2) is 17.8. The van der Waals surface area contributed by atoms with Crippen LogP contribution < -0.4 is 0 Å². The first-order chi connectivity index (χ1) is 21.4. The van der Waals surface area contributed by atoms with E-state index in [4.69, 9.17) is 28.5 Å². The summed E-state index contributed by atoms with van der Waals surface area (Å²) in [4.78, 5) is 21.0. The minimum absolute atomic E-state index is 0.0794. The first-order valence-electron chi connectivity index (χ1n) is 16.6. The smallest absolute Gasteiger partial charge is 0.311 e. The maximum atomic E-state index is 13.4. The summed E-state index contributed by atoms with van der Waals surface area (Å²) in [6.45, 7) is 14.0. The molecule has 0 aromatic rings. The van der Waals surface area contributed by atoms with E-state index in [1.54, 1.807) is 41.7 Å². The number of ether oxygens (including phenoxy) is 5. The van der Waals surface area contributed by atoms with Crippen molar-refractivity contribution in [3.05, 3.63) is 0 Å². The largest absolute Gasteiger partial charge is 0.459 e. The van der Waals surface area contributed by atoms with E-state index in [0.29, 0.717) is 18.7 Å². The molecule has 2 rings (SSSR count). The third-order valence-electron chi connectivity index (χ3n) is 9.78. The van der Waals surface area contributed by atoms with Crippen molar-refractivity contribution in [1.29, 1.82) is 0 Å². The van der Waals surface area contributed by atoms with Gasteiger partial charge in [0, 0.05) is 37.3 Å². The molecule has 0 radical (unpaired) electrons. The maximum Gasteiger partial charge on any atom is 0.311 e. The van der Waals surface area contributed by atoms with Crippen LogP contribution in [-0.2, 0) is 33.3 Å². The molecule has 0 aliphatic carbocycles. The zero-order valence-electron chi connectivity index (χ0n) is 29.8. The zero-order valence-corrected chi connectivity index (χ0v) is 29.8. The van der Waals surface area contributed by atoms with E-state index in [0.717, 1.165) is 6.42 Å². The Bertz CT molecular complexity index is 962. The van der Waals surface area contributed by atoms with Crippen LogP contribution in [-0.4, -0.2) is 132 Å². The molecule has 13 atom stereocenters. The molecule has 2 aliphatic rings. The van der Waals surface area contributed by atoms with Crippen molar-refractivity contribution in [3.8, 4) is 0 Å². The SMILES string of the molecule is CC[C@H]1OC(=O)[C@H](C)[C@@H](O)[C@H](C)[C@@H](OC2CC(N(C)C)CC(C)O2)[C@@](C)(O)C[C@@H](C)/C(=N\OCOCCOC)[C@H](C)[C@@H](O)[C@]1(C)O. The first-order valence-corrected chi connectivity index (χ1v) is 16.6. The molecule has 0 saturated carbocycles. The van der Waals surface area contributed by atoms with E-state index in [-0.39, 0.29) is 38.4 Å². The summed E-state index contributed by atoms with van der Waals surface area (Å²) in [7, 11) is 5.56. The van der Waals surface area contributed by atoms with Crippen molar-refractivity contribution in [1.82, 2.24) is 4.90 Å². The van der Waals surface area contributed by atoms with Gasteiger partial charge in [0.2, 0.25) is 6.79 Å². The second-order valence-corrected chi connectivity index (χ2v) is 14.1. The van der Waals surface area contributed by atoms with Crippen molar-refractivity contribution in [2.75, 3.05) is 41.2 Å². The summed E-state index contributed by atoms with van der Waals surface area (Å²) >= 11 is 0. The summed E-state index contributed by atoms with van der Waals surface area (Å²) in [5.74, 6) is -3.81. The Hall–Kier alpha value is -1.42. The lowest BCUT2D eigenvalue weighted by Gasteiger charge is -2.46. The Balaban J connectivity index is 2.58. The van der Waals surface area contributed by atoms with Crippen LogP contribution in [0.1, 0.15) is 81.1 Å². The van der Waals surface area contributed by atoms with Gasteiger partial charge in [-0.05, 0) is 61.1 Å². The lowest BCUT2D eigenvalue weighted by molar-refractivity contribution is -0.267. The molecule has 13 nitrogen and oxygen atoms in total. The number of oxime groups is 1. The Morgan fingerprint density at radius 3 is 2.26 bits per heavy atom. The Labute approximate surface area is 275 Å². The number of methoxy groups -OCH3 is 1. The van der Waals surface area contributed by atoms with E-state index in [1.807, 2.05) is 27.9 Å². The zero-order chi connectivity index (χ0) is 35.0. The molecule has 13 heteroatoms. The number of aliphatic hydroxyl groups is 4. The van der Waals surface area contributed by atoms with Crippen molar-refractivity contribution < 1.29 is 53.7 Å². The molecule has 4 N–H and O–H groups in total. The van der Waals surface area contributed by atoms with Crippen molar-refractivity contribution in [2.45, 2.75) is 135 Å². The molecule has 0 aromatic carbocycles. The summed E-state index contributed by atoms with van der Waals surface area (Å²) in [6, 6.07) is 0.188. The van der Waals surface area contributed by atoms with Gasteiger partial charge in [-0.15, -0.1) is 0 Å². The van der Waals surface area contributed by atoms with E-state index >= 15 is 0 Å². The highest BCUT2D eigenvalue weighted by Gasteiger charge is 2.50. The van der Waals surface area contributed by atoms with Crippen molar-refractivity contribution in [3.63, 3.8) is 0 Å². The van der Waals surface area contributed by atoms with E-state index in [1.165, 1.54) is 6.92 Å². The van der Waals surface area contributed by atoms with E-state index in [9.17, 15) is 25.2 Å². The van der Waals surface area contributed by atoms with Crippen LogP contribution in [0.5, 0.6) is 0 Å². The number of cyclic esters (lactones) is 1. The van der Waals surface area contributed by atoms with E-state index in [2.05, 4.69) is 10.1 Å². The number of esters is 1. The minimum atomic E-state index is -1.88. The predicted octanol–water partition coefficient (Wildman–Crippen LogP) is 2.31. The van der Waals surface area contributed by atoms with E-state index < -0.39 is 71.5 Å². The van der Waals surface area contributed by atoms with Gasteiger partial charge in [0.25, 0.3) is 0 Å². The number of hydrogen-bond donors (Lipinski definition) is 4. The molecule has 0 spiro atoms. The van der Waals surface area contributed by atoms with Gasteiger partial charge in [-0.3, -0.25) is 4.79 Å². The van der Waals surface area contributed by atoms with Gasteiger partial charge in [0.05, 0.1) is 54.9 Å². The van der Waals surface area contributed by atoms with Gasteiger partial charge in [-0.25, -0.2) is 0 Å². The van der Waals surface area contributed by atoms with Crippen molar-refractivity contribution >= 4 is 11.7 Å². The molecule has 2 heterocycles. The number of rotatable bonds is 10. The lowest BCUT2D eigenvalue weighted by atomic mass is 9.73. The standard InChI is InChI=1S/C33H62N2O11/c1-12-25-33(8,40)29(37)21(4)27(34-43-18-42-14-13-41-11)19(2)17-32(7,39)30(22(5)28(36)23(6)31(38)45-25)46-26-16-24(35(9)10)15-20(3)44-26/h19-26,28-30,36-37,39-40H,12-18H2,1-11H3/b34-27+/t19-,20?,21+,22+,23-,24?,25-,26?,28+,29-,30-,32+,33-/m1/s1. The summed E-state index contributed by atoms with van der Waals surface area (Å²) in [5, 5.41) is 51.2. The summed E-state index contributed by atoms with van der Waals surface area (Å²) < 4.78 is 28.9. The summed E-state index contributed by atoms with van der Waals surface area (Å²) in [5.41, 5.74) is -3.11. The van der Waals surface area contributed by atoms with Crippen LogP contribution in [0.15, 0.2) is 5.16 Å². The number of aliphatic hydroxyl groups excluding tert-OH is 2. The Morgan fingerprint density at radius 1 is 1.02 bits per heavy atom. The first kappa shape index (κ1) is 40.8. The molecule has 2 fully saturated rings. The highest BCUT2D eigenvalue weighted by atomic mass is 16.7. The van der Waals surface area contributed by atoms with Crippen LogP contribution in [0.2, 0.25) is 0 Å². The topological polar surface area (TPSA) is 169 Å². The molecule has 0 bridgehead atoms. The molecule has 3 unspecified atom stereocenters. The predicted molar refractivity (Wildman–Crippen MR) is 172 cm³/mol. The molecule has 0 aromatic heterocycles. The highest BCUT2D eigenvalue weighted by molar-refractivity contribution is 5.88. The van der Waals surface area contributed by atoms with Crippen LogP contribution in [0.4, 0.5) is 0 Å². The fraction of sp³-hybridized carbons (Fsp3) is 0.939. The third-order valence-corrected chi connectivity index (χ3v) is 9.78. The maximum absolute atomic E-state index is 13.4. The van der Waals surface area contributed by atoms with Crippen LogP contribution in [0.25, 0.3) is 0 Å². The number of carbonyl (C=O) groups is 1.